The summed E-state index contributed by atoms with van der Waals surface area (Å²) in [5.74, 6) is -0.926. The van der Waals surface area contributed by atoms with Gasteiger partial charge in [0.2, 0.25) is 0 Å². The van der Waals surface area contributed by atoms with E-state index in [9.17, 15) is 17.6 Å². The van der Waals surface area contributed by atoms with E-state index in [1.807, 2.05) is 17.0 Å². The van der Waals surface area contributed by atoms with Crippen LogP contribution in [0.5, 0.6) is 0 Å². The van der Waals surface area contributed by atoms with Gasteiger partial charge in [0.1, 0.15) is 11.6 Å². The van der Waals surface area contributed by atoms with Crippen molar-refractivity contribution in [1.29, 1.82) is 0 Å². The molecule has 0 unspecified atom stereocenters. The highest BCUT2D eigenvalue weighted by Crippen LogP contribution is 2.28. The van der Waals surface area contributed by atoms with Gasteiger partial charge in [0, 0.05) is 32.7 Å². The molecule has 0 atom stereocenters. The number of hydrogen-bond donors (Lipinski definition) is 0. The number of piperazine rings is 1. The molecule has 0 radical (unpaired) electrons. The molecule has 4 aromatic rings. The van der Waals surface area contributed by atoms with Gasteiger partial charge in [-0.05, 0) is 47.0 Å². The highest BCUT2D eigenvalue weighted by Gasteiger charge is 2.37. The van der Waals surface area contributed by atoms with E-state index in [1.165, 1.54) is 18.2 Å². The summed E-state index contributed by atoms with van der Waals surface area (Å²) in [4.78, 5) is 4.25. The fourth-order valence-corrected chi connectivity index (χ4v) is 4.01. The van der Waals surface area contributed by atoms with Gasteiger partial charge in [0.15, 0.2) is 5.65 Å². The predicted molar refractivity (Wildman–Crippen MR) is 115 cm³/mol. The fourth-order valence-electron chi connectivity index (χ4n) is 4.01. The molecule has 0 N–H and O–H groups in total. The molecule has 1 fully saturated rings. The van der Waals surface area contributed by atoms with Gasteiger partial charge in [-0.25, -0.2) is 4.39 Å². The van der Waals surface area contributed by atoms with Crippen molar-refractivity contribution >= 4 is 11.5 Å². The van der Waals surface area contributed by atoms with E-state index in [0.717, 1.165) is 40.8 Å². The summed E-state index contributed by atoms with van der Waals surface area (Å²) in [5.41, 5.74) is 3.18. The van der Waals surface area contributed by atoms with Crippen molar-refractivity contribution in [2.24, 2.45) is 0 Å². The number of hydrogen-bond acceptors (Lipinski definition) is 5. The molecule has 3 heterocycles. The van der Waals surface area contributed by atoms with Gasteiger partial charge in [-0.15, -0.1) is 15.3 Å². The van der Waals surface area contributed by atoms with Crippen LogP contribution in [-0.2, 0) is 12.7 Å². The molecule has 1 aliphatic rings. The number of alkyl halides is 3. The SMILES string of the molecule is Fc1ccc(-c2cccc(CN3CCN(c4ccc5nnc(C(F)(F)F)n5n4)CC3)c2)cc1. The minimum absolute atomic E-state index is 0.0609. The van der Waals surface area contributed by atoms with Gasteiger partial charge in [-0.3, -0.25) is 4.90 Å². The molecule has 33 heavy (non-hydrogen) atoms. The summed E-state index contributed by atoms with van der Waals surface area (Å²) in [6, 6.07) is 17.7. The van der Waals surface area contributed by atoms with E-state index in [-0.39, 0.29) is 11.5 Å². The van der Waals surface area contributed by atoms with Gasteiger partial charge < -0.3 is 4.90 Å². The third-order valence-electron chi connectivity index (χ3n) is 5.71. The number of anilines is 1. The van der Waals surface area contributed by atoms with E-state index in [0.29, 0.717) is 18.9 Å². The Morgan fingerprint density at radius 2 is 1.58 bits per heavy atom. The predicted octanol–water partition coefficient (Wildman–Crippen LogP) is 4.27. The Labute approximate surface area is 187 Å². The largest absolute Gasteiger partial charge is 0.453 e. The second kappa shape index (κ2) is 8.43. The van der Waals surface area contributed by atoms with Crippen LogP contribution in [0.25, 0.3) is 16.8 Å². The Morgan fingerprint density at radius 3 is 2.30 bits per heavy atom. The lowest BCUT2D eigenvalue weighted by atomic mass is 10.0. The summed E-state index contributed by atoms with van der Waals surface area (Å²) in [7, 11) is 0. The molecule has 6 nitrogen and oxygen atoms in total. The molecule has 0 bridgehead atoms. The first kappa shape index (κ1) is 21.3. The van der Waals surface area contributed by atoms with Crippen LogP contribution in [-0.4, -0.2) is 50.9 Å². The van der Waals surface area contributed by atoms with E-state index in [4.69, 9.17) is 0 Å². The topological polar surface area (TPSA) is 49.6 Å². The van der Waals surface area contributed by atoms with Crippen molar-refractivity contribution in [3.63, 3.8) is 0 Å². The van der Waals surface area contributed by atoms with Gasteiger partial charge in [-0.1, -0.05) is 30.3 Å². The smallest absolute Gasteiger partial charge is 0.353 e. The van der Waals surface area contributed by atoms with Crippen molar-refractivity contribution in [3.05, 3.63) is 77.9 Å². The number of aromatic nitrogens is 4. The van der Waals surface area contributed by atoms with E-state index >= 15 is 0 Å². The van der Waals surface area contributed by atoms with Crippen LogP contribution in [0.1, 0.15) is 11.4 Å². The highest BCUT2D eigenvalue weighted by molar-refractivity contribution is 5.64. The molecule has 5 rings (SSSR count). The van der Waals surface area contributed by atoms with Gasteiger partial charge in [-0.2, -0.15) is 17.7 Å². The summed E-state index contributed by atoms with van der Waals surface area (Å²) >= 11 is 0. The van der Waals surface area contributed by atoms with Gasteiger partial charge >= 0.3 is 6.18 Å². The number of halogens is 4. The number of benzene rings is 2. The van der Waals surface area contributed by atoms with E-state index < -0.39 is 12.0 Å². The minimum Gasteiger partial charge on any atom is -0.353 e. The maximum absolute atomic E-state index is 13.2. The first-order valence-electron chi connectivity index (χ1n) is 10.5. The molecule has 1 aliphatic heterocycles. The zero-order chi connectivity index (χ0) is 23.0. The Bertz CT molecular complexity index is 1260. The van der Waals surface area contributed by atoms with Gasteiger partial charge in [0.05, 0.1) is 0 Å². The molecule has 2 aromatic heterocycles. The molecule has 1 saturated heterocycles. The van der Waals surface area contributed by atoms with Crippen molar-refractivity contribution in [1.82, 2.24) is 24.7 Å². The average molecular weight is 456 g/mol. The Hall–Kier alpha value is -3.53. The maximum Gasteiger partial charge on any atom is 0.453 e. The average Bonchev–Trinajstić information content (AvgIpc) is 3.24. The molecule has 0 amide bonds. The Kier molecular flexibility index (Phi) is 5.45. The van der Waals surface area contributed by atoms with Crippen LogP contribution < -0.4 is 4.90 Å². The quantitative estimate of drug-likeness (QED) is 0.430. The minimum atomic E-state index is -4.62. The number of fused-ring (bicyclic) bond motifs is 1. The molecule has 2 aromatic carbocycles. The summed E-state index contributed by atoms with van der Waals surface area (Å²) in [5, 5.41) is 10.9. The normalized spacial score (nSPS) is 15.3. The Balaban J connectivity index is 1.25. The zero-order valence-corrected chi connectivity index (χ0v) is 17.5. The van der Waals surface area contributed by atoms with Crippen LogP contribution in [0.15, 0.2) is 60.7 Å². The zero-order valence-electron chi connectivity index (χ0n) is 17.5. The lowest BCUT2D eigenvalue weighted by Gasteiger charge is -2.35. The van der Waals surface area contributed by atoms with Crippen LogP contribution in [0.4, 0.5) is 23.4 Å². The lowest BCUT2D eigenvalue weighted by molar-refractivity contribution is -0.146. The molecule has 10 heteroatoms. The van der Waals surface area contributed by atoms with E-state index in [2.05, 4.69) is 32.3 Å². The monoisotopic (exact) mass is 456 g/mol. The van der Waals surface area contributed by atoms with Crippen molar-refractivity contribution in [2.75, 3.05) is 31.1 Å². The molecular weight excluding hydrogens is 436 g/mol. The first-order chi connectivity index (χ1) is 15.9. The molecular formula is C23H20F4N6. The van der Waals surface area contributed by atoms with Crippen LogP contribution in [0.3, 0.4) is 0 Å². The first-order valence-corrected chi connectivity index (χ1v) is 10.5. The number of rotatable bonds is 4. The molecule has 170 valence electrons. The second-order valence-electron chi connectivity index (χ2n) is 7.95. The highest BCUT2D eigenvalue weighted by atomic mass is 19.4. The van der Waals surface area contributed by atoms with Crippen LogP contribution in [0, 0.1) is 5.82 Å². The Morgan fingerprint density at radius 1 is 0.818 bits per heavy atom. The van der Waals surface area contributed by atoms with E-state index in [1.54, 1.807) is 18.2 Å². The maximum atomic E-state index is 13.2. The van der Waals surface area contributed by atoms with Crippen molar-refractivity contribution in [3.8, 4) is 11.1 Å². The second-order valence-corrected chi connectivity index (χ2v) is 7.95. The van der Waals surface area contributed by atoms with Crippen molar-refractivity contribution < 1.29 is 17.6 Å². The molecule has 0 aliphatic carbocycles. The lowest BCUT2D eigenvalue weighted by Crippen LogP contribution is -2.46. The summed E-state index contributed by atoms with van der Waals surface area (Å²) < 4.78 is 53.4. The fraction of sp³-hybridized carbons (Fsp3) is 0.261. The number of nitrogens with zero attached hydrogens (tertiary/aromatic N) is 6. The van der Waals surface area contributed by atoms with Crippen LogP contribution >= 0.6 is 0 Å². The third-order valence-corrected chi connectivity index (χ3v) is 5.71. The van der Waals surface area contributed by atoms with Crippen LogP contribution in [0.2, 0.25) is 0 Å². The van der Waals surface area contributed by atoms with Crippen molar-refractivity contribution in [2.45, 2.75) is 12.7 Å². The third kappa shape index (κ3) is 4.51. The summed E-state index contributed by atoms with van der Waals surface area (Å²) in [6.45, 7) is 3.52. The summed E-state index contributed by atoms with van der Waals surface area (Å²) in [6.07, 6.45) is -4.62. The molecule has 0 spiro atoms. The standard InChI is InChI=1S/C23H20F4N6/c24-19-6-4-17(5-7-19)18-3-1-2-16(14-18)15-31-10-12-32(13-11-31)21-9-8-20-28-29-22(23(25,26)27)33(20)30-21/h1-9,14H,10-13,15H2. The van der Waals surface area contributed by atoms with Gasteiger partial charge in [0.25, 0.3) is 5.82 Å². The molecule has 0 saturated carbocycles.